The molecule has 0 spiro atoms. The second kappa shape index (κ2) is 25.8. The molecule has 6 aromatic carbocycles. The molecule has 4 N–H and O–H groups in total. The van der Waals surface area contributed by atoms with Gasteiger partial charge in [-0.25, -0.2) is 9.59 Å². The Kier molecular flexibility index (Phi) is 18.5. The van der Waals surface area contributed by atoms with E-state index in [4.69, 9.17) is 34.1 Å². The molecule has 0 saturated heterocycles. The molecule has 2 heterocycles. The first kappa shape index (κ1) is 49.6. The van der Waals surface area contributed by atoms with Gasteiger partial charge in [-0.1, -0.05) is 132 Å². The number of amides is 1. The fourth-order valence-corrected chi connectivity index (χ4v) is 6.46. The van der Waals surface area contributed by atoms with Gasteiger partial charge in [0.2, 0.25) is 0 Å². The third-order valence-corrected chi connectivity index (χ3v) is 10.1. The van der Waals surface area contributed by atoms with Crippen molar-refractivity contribution < 1.29 is 52.3 Å². The standard InChI is InChI=1S/C27H24N2O5.C17H13NO4.C10H13NO2/c1-32-27(31)24(16-19-8-4-2-5-9-19)28-26(30)23-17-25(34-29-23)21-12-14-22(15-13-21)33-18-20-10-6-3-7-11-20;19-17(20)15-10-16(22-18-15)13-6-8-14(9-7-13)21-11-12-4-2-1-3-5-12;1-13-10(12)9(11)7-8-5-3-2-4-6-8/h2-15,17,24H,16,18H2,1H3,(H,28,30);1-10H,11H2,(H,19,20);2-6,9H,7,11H2,1H3. The number of nitrogens with one attached hydrogen (secondary N) is 1. The molecule has 2 atom stereocenters. The van der Waals surface area contributed by atoms with Crippen LogP contribution in [0.2, 0.25) is 0 Å². The van der Waals surface area contributed by atoms with E-state index in [2.05, 4.69) is 20.4 Å². The summed E-state index contributed by atoms with van der Waals surface area (Å²) in [5.41, 5.74) is 11.1. The smallest absolute Gasteiger partial charge is 0.358 e. The van der Waals surface area contributed by atoms with E-state index in [0.29, 0.717) is 43.3 Å². The summed E-state index contributed by atoms with van der Waals surface area (Å²) in [7, 11) is 2.63. The lowest BCUT2D eigenvalue weighted by Crippen LogP contribution is -2.43. The molecular formula is C54H50N4O11. The monoisotopic (exact) mass is 930 g/mol. The maximum atomic E-state index is 12.7. The molecule has 8 rings (SSSR count). The van der Waals surface area contributed by atoms with Crippen molar-refractivity contribution in [2.24, 2.45) is 5.73 Å². The number of nitrogens with zero attached hydrogens (tertiary/aromatic N) is 2. The SMILES string of the molecule is COC(=O)C(Cc1ccccc1)NC(=O)c1cc(-c2ccc(OCc3ccccc3)cc2)on1.COC(=O)C(N)Cc1ccccc1.O=C(O)c1cc(-c2ccc(OCc3ccccc3)cc2)on1. The van der Waals surface area contributed by atoms with Gasteiger partial charge in [-0.15, -0.1) is 0 Å². The van der Waals surface area contributed by atoms with Gasteiger partial charge in [0.1, 0.15) is 36.8 Å². The van der Waals surface area contributed by atoms with Gasteiger partial charge >= 0.3 is 17.9 Å². The average Bonchev–Trinajstić information content (AvgIpc) is 4.11. The van der Waals surface area contributed by atoms with Crippen LogP contribution >= 0.6 is 0 Å². The first-order valence-electron chi connectivity index (χ1n) is 21.6. The third kappa shape index (κ3) is 15.7. The third-order valence-electron chi connectivity index (χ3n) is 10.1. The zero-order valence-electron chi connectivity index (χ0n) is 37.8. The van der Waals surface area contributed by atoms with E-state index in [-0.39, 0.29) is 17.4 Å². The molecule has 0 aliphatic heterocycles. The number of ether oxygens (including phenoxy) is 4. The van der Waals surface area contributed by atoms with E-state index < -0.39 is 29.9 Å². The number of carboxylic acids is 1. The summed E-state index contributed by atoms with van der Waals surface area (Å²) in [5, 5.41) is 18.9. The molecule has 0 fully saturated rings. The molecular weight excluding hydrogens is 881 g/mol. The molecule has 1 amide bonds. The number of rotatable bonds is 17. The van der Waals surface area contributed by atoms with Crippen molar-refractivity contribution in [3.8, 4) is 34.1 Å². The quantitative estimate of drug-likeness (QED) is 0.0728. The summed E-state index contributed by atoms with van der Waals surface area (Å²) in [6.45, 7) is 0.961. The second-order valence-electron chi connectivity index (χ2n) is 15.1. The van der Waals surface area contributed by atoms with Crippen molar-refractivity contribution in [2.45, 2.75) is 38.1 Å². The van der Waals surface area contributed by atoms with Crippen LogP contribution in [0.15, 0.2) is 191 Å². The fourth-order valence-electron chi connectivity index (χ4n) is 6.46. The predicted octanol–water partition coefficient (Wildman–Crippen LogP) is 8.78. The minimum atomic E-state index is -1.11. The minimum absolute atomic E-state index is 0.0707. The molecule has 8 aromatic rings. The molecule has 2 unspecified atom stereocenters. The highest BCUT2D eigenvalue weighted by Crippen LogP contribution is 2.25. The van der Waals surface area contributed by atoms with Crippen LogP contribution in [0, 0.1) is 0 Å². The van der Waals surface area contributed by atoms with Crippen LogP contribution in [0.25, 0.3) is 22.6 Å². The zero-order chi connectivity index (χ0) is 48.8. The highest BCUT2D eigenvalue weighted by atomic mass is 16.5. The van der Waals surface area contributed by atoms with E-state index in [9.17, 15) is 19.2 Å². The maximum Gasteiger partial charge on any atom is 0.358 e. The summed E-state index contributed by atoms with van der Waals surface area (Å²) in [4.78, 5) is 46.7. The molecule has 15 nitrogen and oxygen atoms in total. The van der Waals surface area contributed by atoms with Crippen molar-refractivity contribution >= 4 is 23.8 Å². The van der Waals surface area contributed by atoms with Crippen LogP contribution in [-0.2, 0) is 45.1 Å². The number of hydrogen-bond donors (Lipinski definition) is 3. The number of carbonyl (C=O) groups is 4. The molecule has 352 valence electrons. The van der Waals surface area contributed by atoms with Crippen molar-refractivity contribution in [1.82, 2.24) is 15.6 Å². The van der Waals surface area contributed by atoms with Gasteiger partial charge in [-0.05, 0) is 77.2 Å². The summed E-state index contributed by atoms with van der Waals surface area (Å²) >= 11 is 0. The Morgan fingerprint density at radius 3 is 1.33 bits per heavy atom. The van der Waals surface area contributed by atoms with E-state index in [1.54, 1.807) is 24.3 Å². The highest BCUT2D eigenvalue weighted by Gasteiger charge is 2.25. The van der Waals surface area contributed by atoms with Crippen molar-refractivity contribution in [3.05, 3.63) is 216 Å². The molecule has 0 radical (unpaired) electrons. The normalized spacial score (nSPS) is 11.2. The Labute approximate surface area is 398 Å². The van der Waals surface area contributed by atoms with Crippen molar-refractivity contribution in [3.63, 3.8) is 0 Å². The highest BCUT2D eigenvalue weighted by molar-refractivity contribution is 5.96. The average molecular weight is 931 g/mol. The topological polar surface area (TPSA) is 216 Å². The van der Waals surface area contributed by atoms with Gasteiger partial charge in [-0.2, -0.15) is 0 Å². The number of carboxylic acid groups (broad SMARTS) is 1. The van der Waals surface area contributed by atoms with Gasteiger partial charge in [0.15, 0.2) is 22.9 Å². The number of esters is 2. The molecule has 0 aliphatic rings. The number of benzene rings is 6. The number of carbonyl (C=O) groups excluding carboxylic acids is 3. The van der Waals surface area contributed by atoms with Crippen LogP contribution < -0.4 is 20.5 Å². The summed E-state index contributed by atoms with van der Waals surface area (Å²) in [6, 6.07) is 54.8. The van der Waals surface area contributed by atoms with Crippen LogP contribution in [-0.4, -0.2) is 65.5 Å². The Balaban J connectivity index is 0.000000190. The van der Waals surface area contributed by atoms with Crippen LogP contribution in [0.1, 0.15) is 43.2 Å². The van der Waals surface area contributed by atoms with Gasteiger partial charge in [0.25, 0.3) is 5.91 Å². The largest absolute Gasteiger partial charge is 0.489 e. The van der Waals surface area contributed by atoms with Crippen molar-refractivity contribution in [1.29, 1.82) is 0 Å². The van der Waals surface area contributed by atoms with Gasteiger partial charge in [0, 0.05) is 29.7 Å². The number of aromatic nitrogens is 2. The van der Waals surface area contributed by atoms with Crippen LogP contribution in [0.4, 0.5) is 0 Å². The van der Waals surface area contributed by atoms with Gasteiger partial charge < -0.3 is 44.2 Å². The first-order valence-corrected chi connectivity index (χ1v) is 21.6. The maximum absolute atomic E-state index is 12.7. The predicted molar refractivity (Wildman–Crippen MR) is 256 cm³/mol. The minimum Gasteiger partial charge on any atom is -0.489 e. The molecule has 0 aliphatic carbocycles. The lowest BCUT2D eigenvalue weighted by Gasteiger charge is -2.15. The van der Waals surface area contributed by atoms with Crippen LogP contribution in [0.5, 0.6) is 11.5 Å². The summed E-state index contributed by atoms with van der Waals surface area (Å²) in [6.07, 6.45) is 0.821. The number of nitrogens with two attached hydrogens (primary N) is 1. The Hall–Kier alpha value is -8.82. The van der Waals surface area contributed by atoms with Gasteiger partial charge in [0.05, 0.1) is 14.2 Å². The summed E-state index contributed by atoms with van der Waals surface area (Å²) < 4.78 is 31.2. The molecule has 0 bridgehead atoms. The first-order chi connectivity index (χ1) is 33.6. The Morgan fingerprint density at radius 2 is 0.928 bits per heavy atom. The van der Waals surface area contributed by atoms with Gasteiger partial charge in [-0.3, -0.25) is 9.59 Å². The number of hydrogen-bond acceptors (Lipinski definition) is 13. The molecule has 69 heavy (non-hydrogen) atoms. The number of aromatic carboxylic acids is 1. The fraction of sp³-hybridized carbons (Fsp3) is 0.148. The lowest BCUT2D eigenvalue weighted by molar-refractivity contribution is -0.143. The van der Waals surface area contributed by atoms with E-state index in [0.717, 1.165) is 39.1 Å². The van der Waals surface area contributed by atoms with E-state index in [1.807, 2.05) is 146 Å². The Morgan fingerprint density at radius 1 is 0.536 bits per heavy atom. The molecule has 2 aromatic heterocycles. The van der Waals surface area contributed by atoms with Crippen LogP contribution in [0.3, 0.4) is 0 Å². The molecule has 0 saturated carbocycles. The zero-order valence-corrected chi connectivity index (χ0v) is 37.8. The molecule has 15 heteroatoms. The lowest BCUT2D eigenvalue weighted by atomic mass is 10.1. The van der Waals surface area contributed by atoms with Crippen molar-refractivity contribution in [2.75, 3.05) is 14.2 Å². The second-order valence-corrected chi connectivity index (χ2v) is 15.1. The van der Waals surface area contributed by atoms with E-state index >= 15 is 0 Å². The van der Waals surface area contributed by atoms with E-state index in [1.165, 1.54) is 26.4 Å². The number of methoxy groups -OCH3 is 2. The Bertz CT molecular complexity index is 2820. The summed E-state index contributed by atoms with van der Waals surface area (Å²) in [5.74, 6) is -0.264.